The Morgan fingerprint density at radius 2 is 1.74 bits per heavy atom. The number of nitrogens with one attached hydrogen (secondary N) is 3. The van der Waals surface area contributed by atoms with Gasteiger partial charge in [0.15, 0.2) is 23.1 Å². The zero-order valence-electron chi connectivity index (χ0n) is 25.0. The quantitative estimate of drug-likeness (QED) is 0.111. The van der Waals surface area contributed by atoms with Crippen LogP contribution >= 0.6 is 11.6 Å². The average Bonchev–Trinajstić information content (AvgIpc) is 3.57. The molecule has 1 fully saturated rings. The molecular formula is C28H30ClF6N8O3+. The first-order valence-electron chi connectivity index (χ1n) is 14.3. The van der Waals surface area contributed by atoms with Crippen molar-refractivity contribution in [3.8, 4) is 11.5 Å². The number of aromatic nitrogens is 4. The van der Waals surface area contributed by atoms with Crippen LogP contribution in [0.2, 0.25) is 5.28 Å². The lowest BCUT2D eigenvalue weighted by Crippen LogP contribution is -2.38. The van der Waals surface area contributed by atoms with Crippen molar-refractivity contribution in [2.24, 2.45) is 0 Å². The molecule has 0 aliphatic carbocycles. The largest absolute Gasteiger partial charge is 0.485 e. The second kappa shape index (κ2) is 12.2. The highest BCUT2D eigenvalue weighted by molar-refractivity contribution is 6.28. The lowest BCUT2D eigenvalue weighted by atomic mass is 10.1. The number of rotatable bonds is 9. The third kappa shape index (κ3) is 6.04. The minimum absolute atomic E-state index is 0.0363. The number of carbonyl (C=O) groups is 1. The molecule has 4 unspecified atom stereocenters. The number of nitrogens with zero attached hydrogens (tertiary/aromatic N) is 5. The Balaban J connectivity index is 1.47. The summed E-state index contributed by atoms with van der Waals surface area (Å²) < 4.78 is 94.6. The van der Waals surface area contributed by atoms with E-state index < -0.39 is 41.3 Å². The number of ether oxygens (including phenoxy) is 2. The number of hydrogen-bond donors (Lipinski definition) is 3. The molecule has 11 nitrogen and oxygen atoms in total. The molecule has 1 aromatic carbocycles. The fourth-order valence-electron chi connectivity index (χ4n) is 5.99. The monoisotopic (exact) mass is 675 g/mol. The lowest BCUT2D eigenvalue weighted by Gasteiger charge is -2.30. The van der Waals surface area contributed by atoms with Crippen LogP contribution < -0.4 is 29.9 Å². The van der Waals surface area contributed by atoms with Crippen LogP contribution in [0.4, 0.5) is 49.6 Å². The molecule has 1 saturated heterocycles. The van der Waals surface area contributed by atoms with Crippen LogP contribution in [-0.4, -0.2) is 70.8 Å². The van der Waals surface area contributed by atoms with E-state index in [1.807, 2.05) is 6.92 Å². The molecule has 4 heterocycles. The molecule has 46 heavy (non-hydrogen) atoms. The van der Waals surface area contributed by atoms with Crippen LogP contribution in [-0.2, 0) is 12.4 Å². The summed E-state index contributed by atoms with van der Waals surface area (Å²) in [5.74, 6) is -1.20. The Morgan fingerprint density at radius 1 is 1.04 bits per heavy atom. The van der Waals surface area contributed by atoms with Crippen LogP contribution in [0.5, 0.6) is 11.5 Å². The van der Waals surface area contributed by atoms with Gasteiger partial charge < -0.3 is 25.4 Å². The van der Waals surface area contributed by atoms with Gasteiger partial charge in [0.05, 0.1) is 24.0 Å². The van der Waals surface area contributed by atoms with Gasteiger partial charge in [-0.2, -0.15) is 36.3 Å². The highest BCUT2D eigenvalue weighted by Gasteiger charge is 2.67. The first kappa shape index (κ1) is 33.2. The van der Waals surface area contributed by atoms with Crippen LogP contribution in [0.15, 0.2) is 24.5 Å². The second-order valence-corrected chi connectivity index (χ2v) is 11.1. The van der Waals surface area contributed by atoms with Crippen molar-refractivity contribution in [2.45, 2.75) is 57.7 Å². The van der Waals surface area contributed by atoms with Crippen LogP contribution in [0.3, 0.4) is 0 Å². The number of hydrogen-bond acceptors (Lipinski definition) is 9. The molecule has 2 aliphatic rings. The van der Waals surface area contributed by atoms with Gasteiger partial charge in [-0.1, -0.05) is 0 Å². The fraction of sp³-hybridized carbons (Fsp3) is 0.464. The molecule has 5 rings (SSSR count). The van der Waals surface area contributed by atoms with Crippen molar-refractivity contribution in [1.82, 2.24) is 29.7 Å². The predicted molar refractivity (Wildman–Crippen MR) is 156 cm³/mol. The average molecular weight is 676 g/mol. The van der Waals surface area contributed by atoms with E-state index in [1.165, 1.54) is 19.2 Å². The normalized spacial score (nSPS) is 22.3. The van der Waals surface area contributed by atoms with Gasteiger partial charge in [-0.3, -0.25) is 9.28 Å². The number of carbonyl (C=O) groups excluding carboxylic acids is 1. The Bertz CT molecular complexity index is 1640. The summed E-state index contributed by atoms with van der Waals surface area (Å²) in [6.07, 6.45) is -8.53. The molecule has 3 N–H and O–H groups in total. The third-order valence-electron chi connectivity index (χ3n) is 8.22. The summed E-state index contributed by atoms with van der Waals surface area (Å²) >= 11 is 5.94. The smallest absolute Gasteiger partial charge is 0.425 e. The molecule has 0 bridgehead atoms. The number of amides is 1. The number of fused-ring (bicyclic) bond motifs is 1. The topological polar surface area (TPSA) is 123 Å². The summed E-state index contributed by atoms with van der Waals surface area (Å²) in [5, 5.41) is 7.63. The molecule has 2 aromatic heterocycles. The molecule has 0 radical (unpaired) electrons. The molecular weight excluding hydrogens is 646 g/mol. The van der Waals surface area contributed by atoms with E-state index in [2.05, 4.69) is 35.9 Å². The highest BCUT2D eigenvalue weighted by Crippen LogP contribution is 2.52. The van der Waals surface area contributed by atoms with E-state index in [0.29, 0.717) is 12.4 Å². The van der Waals surface area contributed by atoms with Crippen molar-refractivity contribution >= 4 is 40.8 Å². The molecule has 248 valence electrons. The SMILES string of the molecule is CCNc1nc(Nc2ccc(C(=O)NC)c3c2OC(CC2C(C)[N+]2(CC)c2nc(Cl)ncc2C(F)(F)F)CO3)ncc1C(F)(F)F. The van der Waals surface area contributed by atoms with Crippen molar-refractivity contribution in [3.05, 3.63) is 46.5 Å². The second-order valence-electron chi connectivity index (χ2n) is 10.7. The van der Waals surface area contributed by atoms with Crippen LogP contribution in [0.25, 0.3) is 0 Å². The third-order valence-corrected chi connectivity index (χ3v) is 8.40. The van der Waals surface area contributed by atoms with Gasteiger partial charge in [0.1, 0.15) is 30.1 Å². The van der Waals surface area contributed by atoms with Crippen molar-refractivity contribution < 1.29 is 40.6 Å². The van der Waals surface area contributed by atoms with Gasteiger partial charge in [-0.25, -0.2) is 9.97 Å². The lowest BCUT2D eigenvalue weighted by molar-refractivity contribution is -0.138. The molecule has 4 atom stereocenters. The fourth-order valence-corrected chi connectivity index (χ4v) is 6.11. The minimum atomic E-state index is -4.71. The van der Waals surface area contributed by atoms with E-state index >= 15 is 0 Å². The zero-order valence-corrected chi connectivity index (χ0v) is 25.7. The van der Waals surface area contributed by atoms with Gasteiger partial charge in [0.25, 0.3) is 5.91 Å². The van der Waals surface area contributed by atoms with Gasteiger partial charge in [-0.05, 0) is 44.5 Å². The number of halogens is 7. The van der Waals surface area contributed by atoms with E-state index in [1.54, 1.807) is 13.8 Å². The van der Waals surface area contributed by atoms with Gasteiger partial charge >= 0.3 is 12.4 Å². The predicted octanol–water partition coefficient (Wildman–Crippen LogP) is 5.82. The van der Waals surface area contributed by atoms with Crippen molar-refractivity contribution in [1.29, 1.82) is 0 Å². The zero-order chi connectivity index (χ0) is 33.6. The summed E-state index contributed by atoms with van der Waals surface area (Å²) in [6.45, 7) is 5.58. The summed E-state index contributed by atoms with van der Waals surface area (Å²) in [7, 11) is 1.43. The number of alkyl halides is 6. The molecule has 18 heteroatoms. The number of anilines is 3. The van der Waals surface area contributed by atoms with Crippen LogP contribution in [0, 0.1) is 0 Å². The highest BCUT2D eigenvalue weighted by atomic mass is 35.5. The maximum atomic E-state index is 14.0. The standard InChI is InChI=1S/C28H29ClF6N8O3/c1-5-37-22-16(27(30,31)32)10-39-26(41-22)40-18-8-7-15(24(44)36-4)20-21(18)46-14(12-45-20)9-19-13(3)43(19,6-2)23-17(28(33,34)35)11-38-25(29)42-23/h7-8,10-11,13-14,19H,5-6,9,12H2,1-4H3,(H2-,36,37,39,40,41,44)/p+1. The van der Waals surface area contributed by atoms with E-state index in [9.17, 15) is 31.1 Å². The Morgan fingerprint density at radius 3 is 2.37 bits per heavy atom. The first-order chi connectivity index (χ1) is 21.6. The Labute approximate surface area is 264 Å². The first-order valence-corrected chi connectivity index (χ1v) is 14.6. The maximum Gasteiger partial charge on any atom is 0.425 e. The van der Waals surface area contributed by atoms with Gasteiger partial charge in [-0.15, -0.1) is 0 Å². The maximum absolute atomic E-state index is 14.0. The van der Waals surface area contributed by atoms with Crippen LogP contribution in [0.1, 0.15) is 48.7 Å². The Kier molecular flexibility index (Phi) is 8.85. The molecule has 3 aromatic rings. The van der Waals surface area contributed by atoms with Crippen molar-refractivity contribution in [2.75, 3.05) is 37.4 Å². The van der Waals surface area contributed by atoms with Crippen molar-refractivity contribution in [3.63, 3.8) is 0 Å². The minimum Gasteiger partial charge on any atom is -0.485 e. The number of likely N-dealkylation sites (N-methyl/N-ethyl adjacent to an activating group) is 1. The van der Waals surface area contributed by atoms with E-state index in [0.717, 1.165) is 0 Å². The molecule has 0 spiro atoms. The number of benzene rings is 1. The molecule has 2 aliphatic heterocycles. The molecule has 0 saturated carbocycles. The van der Waals surface area contributed by atoms with Gasteiger partial charge in [0.2, 0.25) is 17.0 Å². The Hall–Kier alpha value is -4.12. The van der Waals surface area contributed by atoms with E-state index in [-0.39, 0.29) is 82.5 Å². The summed E-state index contributed by atoms with van der Waals surface area (Å²) in [5.41, 5.74) is -1.70. The summed E-state index contributed by atoms with van der Waals surface area (Å²) in [4.78, 5) is 28.0. The van der Waals surface area contributed by atoms with Gasteiger partial charge in [0, 0.05) is 26.2 Å². The summed E-state index contributed by atoms with van der Waals surface area (Å²) in [6, 6.07) is 2.25. The van der Waals surface area contributed by atoms with E-state index in [4.69, 9.17) is 21.1 Å². The molecule has 1 amide bonds. The number of quaternary nitrogens is 1.